The zero-order chi connectivity index (χ0) is 10.4. The quantitative estimate of drug-likeness (QED) is 0.588. The van der Waals surface area contributed by atoms with E-state index in [0.29, 0.717) is 0 Å². The van der Waals surface area contributed by atoms with Gasteiger partial charge in [-0.2, -0.15) is 0 Å². The molecule has 0 fully saturated rings. The molecular weight excluding hydrogens is 190 g/mol. The van der Waals surface area contributed by atoms with Gasteiger partial charge in [-0.1, -0.05) is 0 Å². The summed E-state index contributed by atoms with van der Waals surface area (Å²) >= 11 is 0. The average molecular weight is 199 g/mol. The van der Waals surface area contributed by atoms with E-state index in [2.05, 4.69) is 15.0 Å². The van der Waals surface area contributed by atoms with E-state index in [1.807, 2.05) is 23.7 Å². The average Bonchev–Trinajstić information content (AvgIpc) is 2.60. The van der Waals surface area contributed by atoms with Gasteiger partial charge in [-0.15, -0.1) is 0 Å². The molecule has 0 radical (unpaired) electrons. The second-order valence-electron chi connectivity index (χ2n) is 3.45. The van der Waals surface area contributed by atoms with Crippen molar-refractivity contribution in [3.8, 4) is 0 Å². The number of nitrogens with two attached hydrogens (primary N) is 1. The lowest BCUT2D eigenvalue weighted by atomic mass is 10.2. The lowest BCUT2D eigenvalue weighted by Crippen LogP contribution is -1.95. The van der Waals surface area contributed by atoms with Crippen LogP contribution in [-0.4, -0.2) is 19.5 Å². The van der Waals surface area contributed by atoms with Gasteiger partial charge < -0.3 is 10.3 Å². The highest BCUT2D eigenvalue weighted by atomic mass is 15.0. The molecule has 0 aliphatic rings. The Morgan fingerprint density at radius 1 is 1.27 bits per heavy atom. The number of nitrogen functional groups attached to an aromatic ring is 1. The molecule has 0 saturated carbocycles. The maximum atomic E-state index is 5.58. The van der Waals surface area contributed by atoms with Crippen molar-refractivity contribution >= 4 is 27.9 Å². The molecule has 0 saturated heterocycles. The maximum Gasteiger partial charge on any atom is 0.220 e. The Morgan fingerprint density at radius 3 is 3.00 bits per heavy atom. The Labute approximate surface area is 85.6 Å². The van der Waals surface area contributed by atoms with E-state index in [-0.39, 0.29) is 5.95 Å². The second kappa shape index (κ2) is 2.66. The van der Waals surface area contributed by atoms with E-state index in [4.69, 9.17) is 5.73 Å². The topological polar surface area (TPSA) is 69.6 Å². The third-order valence-corrected chi connectivity index (χ3v) is 2.45. The predicted molar refractivity (Wildman–Crippen MR) is 58.2 cm³/mol. The minimum Gasteiger partial charge on any atom is -0.368 e. The van der Waals surface area contributed by atoms with Gasteiger partial charge in [-0.3, -0.25) is 0 Å². The van der Waals surface area contributed by atoms with Crippen molar-refractivity contribution in [2.75, 3.05) is 5.73 Å². The molecule has 1 aromatic carbocycles. The Kier molecular flexibility index (Phi) is 1.45. The van der Waals surface area contributed by atoms with Crippen LogP contribution in [0, 0.1) is 0 Å². The minimum atomic E-state index is 0.288. The zero-order valence-electron chi connectivity index (χ0n) is 8.18. The van der Waals surface area contributed by atoms with Crippen molar-refractivity contribution in [3.05, 3.63) is 24.7 Å². The molecule has 3 aromatic rings. The van der Waals surface area contributed by atoms with Gasteiger partial charge in [0.1, 0.15) is 5.52 Å². The van der Waals surface area contributed by atoms with Crippen molar-refractivity contribution in [1.82, 2.24) is 19.5 Å². The number of hydrogen-bond acceptors (Lipinski definition) is 4. The first-order chi connectivity index (χ1) is 7.25. The van der Waals surface area contributed by atoms with E-state index in [0.717, 1.165) is 21.9 Å². The van der Waals surface area contributed by atoms with Crippen molar-refractivity contribution in [2.24, 2.45) is 7.05 Å². The molecule has 5 heteroatoms. The molecule has 2 heterocycles. The van der Waals surface area contributed by atoms with Crippen LogP contribution in [0.2, 0.25) is 0 Å². The van der Waals surface area contributed by atoms with Gasteiger partial charge >= 0.3 is 0 Å². The van der Waals surface area contributed by atoms with Gasteiger partial charge in [-0.25, -0.2) is 15.0 Å². The van der Waals surface area contributed by atoms with Gasteiger partial charge in [0.05, 0.1) is 17.4 Å². The van der Waals surface area contributed by atoms with Gasteiger partial charge in [0, 0.05) is 18.6 Å². The number of anilines is 1. The van der Waals surface area contributed by atoms with Gasteiger partial charge in [0.15, 0.2) is 0 Å². The van der Waals surface area contributed by atoms with Crippen LogP contribution in [0.15, 0.2) is 24.7 Å². The van der Waals surface area contributed by atoms with Gasteiger partial charge in [0.2, 0.25) is 5.95 Å². The maximum absolute atomic E-state index is 5.58. The number of hydrogen-bond donors (Lipinski definition) is 1. The molecule has 0 unspecified atom stereocenters. The summed E-state index contributed by atoms with van der Waals surface area (Å²) in [6.45, 7) is 0. The third kappa shape index (κ3) is 1.06. The Morgan fingerprint density at radius 2 is 2.13 bits per heavy atom. The summed E-state index contributed by atoms with van der Waals surface area (Å²) in [4.78, 5) is 12.5. The molecule has 0 aliphatic heterocycles. The second-order valence-corrected chi connectivity index (χ2v) is 3.45. The molecule has 2 aromatic heterocycles. The van der Waals surface area contributed by atoms with E-state index >= 15 is 0 Å². The molecule has 2 N–H and O–H groups in total. The molecular formula is C10H9N5. The third-order valence-electron chi connectivity index (χ3n) is 2.45. The smallest absolute Gasteiger partial charge is 0.220 e. The first-order valence-electron chi connectivity index (χ1n) is 4.58. The van der Waals surface area contributed by atoms with Crippen molar-refractivity contribution in [1.29, 1.82) is 0 Å². The van der Waals surface area contributed by atoms with Crippen LogP contribution in [0.4, 0.5) is 5.95 Å². The standard InChI is InChI=1S/C10H9N5/c1-15-5-13-7-3-2-6-4-12-10(11)14-8(6)9(7)15/h2-5H,1H3,(H2,11,12,14). The highest BCUT2D eigenvalue weighted by molar-refractivity contribution is 6.01. The number of benzene rings is 1. The van der Waals surface area contributed by atoms with Gasteiger partial charge in [-0.05, 0) is 12.1 Å². The van der Waals surface area contributed by atoms with Crippen LogP contribution < -0.4 is 5.73 Å². The summed E-state index contributed by atoms with van der Waals surface area (Å²) in [6.07, 6.45) is 3.49. The Hall–Kier alpha value is -2.17. The van der Waals surface area contributed by atoms with Crippen LogP contribution in [0.3, 0.4) is 0 Å². The van der Waals surface area contributed by atoms with Crippen LogP contribution in [0.1, 0.15) is 0 Å². The summed E-state index contributed by atoms with van der Waals surface area (Å²) in [5.41, 5.74) is 8.34. The normalized spacial score (nSPS) is 11.3. The number of aromatic nitrogens is 4. The van der Waals surface area contributed by atoms with Crippen LogP contribution in [0.25, 0.3) is 21.9 Å². The lowest BCUT2D eigenvalue weighted by Gasteiger charge is -2.01. The number of imidazole rings is 1. The summed E-state index contributed by atoms with van der Waals surface area (Å²) in [5.74, 6) is 0.288. The largest absolute Gasteiger partial charge is 0.368 e. The van der Waals surface area contributed by atoms with Crippen LogP contribution >= 0.6 is 0 Å². The zero-order valence-corrected chi connectivity index (χ0v) is 8.18. The minimum absolute atomic E-state index is 0.288. The fourth-order valence-corrected chi connectivity index (χ4v) is 1.74. The van der Waals surface area contributed by atoms with E-state index in [1.165, 1.54) is 0 Å². The molecule has 0 atom stereocenters. The molecule has 5 nitrogen and oxygen atoms in total. The molecule has 0 bridgehead atoms. The Balaban J connectivity index is 2.61. The molecule has 3 rings (SSSR count). The molecule has 15 heavy (non-hydrogen) atoms. The SMILES string of the molecule is Cn1cnc2ccc3cnc(N)nc3c21. The summed E-state index contributed by atoms with van der Waals surface area (Å²) in [5, 5.41) is 0.973. The number of aryl methyl sites for hydroxylation is 1. The number of rotatable bonds is 0. The number of fused-ring (bicyclic) bond motifs is 3. The number of nitrogens with zero attached hydrogens (tertiary/aromatic N) is 4. The van der Waals surface area contributed by atoms with E-state index in [1.54, 1.807) is 12.5 Å². The summed E-state index contributed by atoms with van der Waals surface area (Å²) in [7, 11) is 1.94. The molecule has 0 aliphatic carbocycles. The first kappa shape index (κ1) is 8.16. The van der Waals surface area contributed by atoms with Gasteiger partial charge in [0.25, 0.3) is 0 Å². The monoisotopic (exact) mass is 199 g/mol. The summed E-state index contributed by atoms with van der Waals surface area (Å²) in [6, 6.07) is 3.90. The first-order valence-corrected chi connectivity index (χ1v) is 4.58. The predicted octanol–water partition coefficient (Wildman–Crippen LogP) is 1.10. The highest BCUT2D eigenvalue weighted by Crippen LogP contribution is 2.22. The summed E-state index contributed by atoms with van der Waals surface area (Å²) < 4.78 is 1.93. The lowest BCUT2D eigenvalue weighted by molar-refractivity contribution is 0.949. The van der Waals surface area contributed by atoms with E-state index in [9.17, 15) is 0 Å². The molecule has 0 amide bonds. The van der Waals surface area contributed by atoms with E-state index < -0.39 is 0 Å². The fourth-order valence-electron chi connectivity index (χ4n) is 1.74. The van der Waals surface area contributed by atoms with Crippen molar-refractivity contribution in [3.63, 3.8) is 0 Å². The Bertz CT molecular complexity index is 655. The van der Waals surface area contributed by atoms with Crippen LogP contribution in [0.5, 0.6) is 0 Å². The fraction of sp³-hybridized carbons (Fsp3) is 0.100. The van der Waals surface area contributed by atoms with Crippen LogP contribution in [-0.2, 0) is 7.05 Å². The molecule has 74 valence electrons. The highest BCUT2D eigenvalue weighted by Gasteiger charge is 2.06. The van der Waals surface area contributed by atoms with Crippen molar-refractivity contribution in [2.45, 2.75) is 0 Å². The molecule has 0 spiro atoms. The van der Waals surface area contributed by atoms with Crippen molar-refractivity contribution < 1.29 is 0 Å².